The first-order valence-electron chi connectivity index (χ1n) is 11.4. The molecule has 1 aromatic heterocycles. The zero-order valence-corrected chi connectivity index (χ0v) is 20.2. The number of benzene rings is 1. The molecular weight excluding hydrogens is 432 g/mol. The molecule has 0 saturated heterocycles. The smallest absolute Gasteiger partial charge is 0.241 e. The zero-order valence-electron chi connectivity index (χ0n) is 19.4. The van der Waals surface area contributed by atoms with Gasteiger partial charge < -0.3 is 14.0 Å². The van der Waals surface area contributed by atoms with Crippen LogP contribution in [0.4, 0.5) is 0 Å². The van der Waals surface area contributed by atoms with Crippen molar-refractivity contribution < 1.29 is 22.4 Å². The van der Waals surface area contributed by atoms with Gasteiger partial charge in [-0.05, 0) is 51.9 Å². The zero-order chi connectivity index (χ0) is 23.2. The average molecular weight is 467 g/mol. The summed E-state index contributed by atoms with van der Waals surface area (Å²) in [5, 5.41) is 4.17. The molecule has 3 rings (SSSR count). The fourth-order valence-corrected chi connectivity index (χ4v) is 5.45. The van der Waals surface area contributed by atoms with Gasteiger partial charge in [0.05, 0.1) is 30.2 Å². The van der Waals surface area contributed by atoms with Gasteiger partial charge in [-0.1, -0.05) is 31.8 Å². The first-order chi connectivity index (χ1) is 15.4. The van der Waals surface area contributed by atoms with Crippen LogP contribution in [0.25, 0.3) is 0 Å². The van der Waals surface area contributed by atoms with Gasteiger partial charge >= 0.3 is 0 Å². The SMILES string of the molecule is CCOc1ccc(S(=O)(=O)NC2(c3noc(CN(CC)CC)n3)CCCC2)cc1OCC. The Morgan fingerprint density at radius 1 is 1.06 bits per heavy atom. The fraction of sp³-hybridized carbons (Fsp3) is 0.636. The number of rotatable bonds is 12. The molecule has 1 saturated carbocycles. The molecule has 10 heteroatoms. The fourth-order valence-electron chi connectivity index (χ4n) is 4.02. The first-order valence-corrected chi connectivity index (χ1v) is 12.8. The number of ether oxygens (including phenoxy) is 2. The lowest BCUT2D eigenvalue weighted by atomic mass is 9.98. The third-order valence-electron chi connectivity index (χ3n) is 5.76. The molecule has 9 nitrogen and oxygen atoms in total. The lowest BCUT2D eigenvalue weighted by Crippen LogP contribution is -2.44. The maximum Gasteiger partial charge on any atom is 0.241 e. The molecule has 1 fully saturated rings. The van der Waals surface area contributed by atoms with Gasteiger partial charge in [0.1, 0.15) is 0 Å². The van der Waals surface area contributed by atoms with E-state index in [4.69, 9.17) is 14.0 Å². The van der Waals surface area contributed by atoms with E-state index in [-0.39, 0.29) is 4.90 Å². The first kappa shape index (κ1) is 24.5. The minimum atomic E-state index is -3.86. The highest BCUT2D eigenvalue weighted by molar-refractivity contribution is 7.89. The number of nitrogens with one attached hydrogen (secondary N) is 1. The Labute approximate surface area is 190 Å². The van der Waals surface area contributed by atoms with E-state index in [0.29, 0.717) is 55.8 Å². The van der Waals surface area contributed by atoms with Crippen LogP contribution in [0.2, 0.25) is 0 Å². The molecule has 0 unspecified atom stereocenters. The average Bonchev–Trinajstić information content (AvgIpc) is 3.43. The van der Waals surface area contributed by atoms with Gasteiger partial charge in [-0.3, -0.25) is 4.90 Å². The molecule has 0 atom stereocenters. The third-order valence-corrected chi connectivity index (χ3v) is 7.30. The Kier molecular flexibility index (Phi) is 8.13. The molecule has 32 heavy (non-hydrogen) atoms. The molecule has 0 radical (unpaired) electrons. The van der Waals surface area contributed by atoms with Crippen molar-refractivity contribution in [2.75, 3.05) is 26.3 Å². The quantitative estimate of drug-likeness (QED) is 0.507. The summed E-state index contributed by atoms with van der Waals surface area (Å²) < 4.78 is 46.3. The van der Waals surface area contributed by atoms with Crippen molar-refractivity contribution >= 4 is 10.0 Å². The van der Waals surface area contributed by atoms with Crippen LogP contribution in [0.5, 0.6) is 11.5 Å². The molecule has 0 spiro atoms. The van der Waals surface area contributed by atoms with E-state index >= 15 is 0 Å². The van der Waals surface area contributed by atoms with Crippen LogP contribution in [-0.2, 0) is 22.1 Å². The van der Waals surface area contributed by atoms with Gasteiger partial charge in [-0.2, -0.15) is 9.71 Å². The van der Waals surface area contributed by atoms with E-state index in [1.165, 1.54) is 12.1 Å². The Balaban J connectivity index is 1.88. The number of hydrogen-bond acceptors (Lipinski definition) is 8. The van der Waals surface area contributed by atoms with Crippen molar-refractivity contribution in [2.24, 2.45) is 0 Å². The van der Waals surface area contributed by atoms with Gasteiger partial charge in [-0.15, -0.1) is 0 Å². The normalized spacial score (nSPS) is 15.9. The van der Waals surface area contributed by atoms with Gasteiger partial charge in [0.2, 0.25) is 15.9 Å². The highest BCUT2D eigenvalue weighted by atomic mass is 32.2. The van der Waals surface area contributed by atoms with Gasteiger partial charge in [0.25, 0.3) is 0 Å². The summed E-state index contributed by atoms with van der Waals surface area (Å²) in [6.07, 6.45) is 3.00. The van der Waals surface area contributed by atoms with Crippen molar-refractivity contribution in [3.8, 4) is 11.5 Å². The Bertz CT molecular complexity index is 982. The van der Waals surface area contributed by atoms with Gasteiger partial charge in [0, 0.05) is 6.07 Å². The molecule has 0 bridgehead atoms. The monoisotopic (exact) mass is 466 g/mol. The number of hydrogen-bond donors (Lipinski definition) is 1. The Morgan fingerprint density at radius 3 is 2.34 bits per heavy atom. The van der Waals surface area contributed by atoms with Crippen molar-refractivity contribution in [3.63, 3.8) is 0 Å². The highest BCUT2D eigenvalue weighted by Crippen LogP contribution is 2.39. The number of sulfonamides is 1. The molecule has 1 aliphatic rings. The van der Waals surface area contributed by atoms with Crippen LogP contribution >= 0.6 is 0 Å². The van der Waals surface area contributed by atoms with E-state index in [2.05, 4.69) is 33.6 Å². The number of nitrogens with zero attached hydrogens (tertiary/aromatic N) is 3. The second-order valence-electron chi connectivity index (χ2n) is 7.84. The molecule has 0 amide bonds. The van der Waals surface area contributed by atoms with Crippen LogP contribution in [0.15, 0.2) is 27.6 Å². The van der Waals surface area contributed by atoms with Crippen molar-refractivity contribution in [1.82, 2.24) is 19.8 Å². The van der Waals surface area contributed by atoms with Crippen LogP contribution in [0.1, 0.15) is 65.1 Å². The van der Waals surface area contributed by atoms with Crippen LogP contribution < -0.4 is 14.2 Å². The standard InChI is InChI=1S/C22H34N4O5S/c1-5-26(6-2)16-20-23-21(24-31-20)22(13-9-10-14-22)25-32(27,28)17-11-12-18(29-7-3)19(15-17)30-8-4/h11-12,15,25H,5-10,13-14,16H2,1-4H3. The predicted molar refractivity (Wildman–Crippen MR) is 120 cm³/mol. The van der Waals surface area contributed by atoms with E-state index in [0.717, 1.165) is 25.9 Å². The second kappa shape index (κ2) is 10.6. The van der Waals surface area contributed by atoms with Crippen LogP contribution in [0.3, 0.4) is 0 Å². The summed E-state index contributed by atoms with van der Waals surface area (Å²) >= 11 is 0. The minimum Gasteiger partial charge on any atom is -0.490 e. The minimum absolute atomic E-state index is 0.113. The Hall–Kier alpha value is -2.17. The summed E-state index contributed by atoms with van der Waals surface area (Å²) in [6, 6.07) is 4.66. The summed E-state index contributed by atoms with van der Waals surface area (Å²) in [4.78, 5) is 6.85. The van der Waals surface area contributed by atoms with Crippen molar-refractivity contribution in [2.45, 2.75) is 70.4 Å². The lowest BCUT2D eigenvalue weighted by molar-refractivity contribution is 0.244. The van der Waals surface area contributed by atoms with Crippen molar-refractivity contribution in [3.05, 3.63) is 29.9 Å². The van der Waals surface area contributed by atoms with Gasteiger partial charge in [-0.25, -0.2) is 8.42 Å². The maximum atomic E-state index is 13.4. The Morgan fingerprint density at radius 2 is 1.72 bits per heavy atom. The van der Waals surface area contributed by atoms with E-state index in [9.17, 15) is 8.42 Å². The summed E-state index contributed by atoms with van der Waals surface area (Å²) in [5.41, 5.74) is -0.881. The molecule has 1 N–H and O–H groups in total. The maximum absolute atomic E-state index is 13.4. The molecule has 178 valence electrons. The largest absolute Gasteiger partial charge is 0.490 e. The highest BCUT2D eigenvalue weighted by Gasteiger charge is 2.43. The van der Waals surface area contributed by atoms with Gasteiger partial charge in [0.15, 0.2) is 17.3 Å². The molecule has 0 aliphatic heterocycles. The van der Waals surface area contributed by atoms with Crippen molar-refractivity contribution in [1.29, 1.82) is 0 Å². The van der Waals surface area contributed by atoms with E-state index < -0.39 is 15.6 Å². The van der Waals surface area contributed by atoms with Crippen LogP contribution in [0, 0.1) is 0 Å². The second-order valence-corrected chi connectivity index (χ2v) is 9.52. The number of aromatic nitrogens is 2. The summed E-state index contributed by atoms with van der Waals surface area (Å²) in [5.74, 6) is 1.81. The summed E-state index contributed by atoms with van der Waals surface area (Å²) in [6.45, 7) is 11.0. The molecule has 1 aromatic carbocycles. The van der Waals surface area contributed by atoms with E-state index in [1.807, 2.05) is 13.8 Å². The summed E-state index contributed by atoms with van der Waals surface area (Å²) in [7, 11) is -3.86. The van der Waals surface area contributed by atoms with Crippen LogP contribution in [-0.4, -0.2) is 49.8 Å². The third kappa shape index (κ3) is 5.41. The predicted octanol–water partition coefficient (Wildman–Crippen LogP) is 3.46. The lowest BCUT2D eigenvalue weighted by Gasteiger charge is -2.26. The molecular formula is C22H34N4O5S. The van der Waals surface area contributed by atoms with E-state index in [1.54, 1.807) is 6.07 Å². The molecule has 1 heterocycles. The molecule has 2 aromatic rings. The molecule has 1 aliphatic carbocycles. The topological polar surface area (TPSA) is 107 Å².